The van der Waals surface area contributed by atoms with Crippen LogP contribution in [-0.4, -0.2) is 21.3 Å². The largest absolute Gasteiger partial charge is 0.303 e. The van der Waals surface area contributed by atoms with Crippen LogP contribution in [0, 0.1) is 0 Å². The molecule has 2 aromatic heterocycles. The Morgan fingerprint density at radius 2 is 2.44 bits per heavy atom. The molecule has 96 valence electrons. The second-order valence-electron chi connectivity index (χ2n) is 4.70. The molecule has 1 unspecified atom stereocenters. The van der Waals surface area contributed by atoms with Gasteiger partial charge in [0.25, 0.3) is 0 Å². The maximum Gasteiger partial charge on any atom is 0.151 e. The Morgan fingerprint density at radius 3 is 3.28 bits per heavy atom. The van der Waals surface area contributed by atoms with Crippen LogP contribution in [0.5, 0.6) is 0 Å². The van der Waals surface area contributed by atoms with Crippen molar-refractivity contribution in [3.63, 3.8) is 0 Å². The minimum atomic E-state index is 0.211. The van der Waals surface area contributed by atoms with E-state index in [2.05, 4.69) is 28.8 Å². The molecule has 0 aliphatic carbocycles. The Hall–Kier alpha value is -1.20. The summed E-state index contributed by atoms with van der Waals surface area (Å²) in [4.78, 5) is 6.18. The first-order valence-electron chi connectivity index (χ1n) is 6.49. The SMILES string of the molecule is CCCc1nc(C2NCCc3sccc32)n(C)n1. The van der Waals surface area contributed by atoms with E-state index in [0.29, 0.717) is 0 Å². The molecule has 5 heteroatoms. The maximum absolute atomic E-state index is 4.70. The van der Waals surface area contributed by atoms with E-state index in [4.69, 9.17) is 4.98 Å². The van der Waals surface area contributed by atoms with Crippen molar-refractivity contribution in [3.05, 3.63) is 33.5 Å². The highest BCUT2D eigenvalue weighted by molar-refractivity contribution is 7.10. The van der Waals surface area contributed by atoms with Gasteiger partial charge in [0.2, 0.25) is 0 Å². The van der Waals surface area contributed by atoms with Gasteiger partial charge in [-0.25, -0.2) is 4.98 Å². The van der Waals surface area contributed by atoms with Gasteiger partial charge >= 0.3 is 0 Å². The molecule has 3 heterocycles. The smallest absolute Gasteiger partial charge is 0.151 e. The minimum absolute atomic E-state index is 0.211. The zero-order valence-corrected chi connectivity index (χ0v) is 11.6. The fourth-order valence-electron chi connectivity index (χ4n) is 2.51. The molecule has 0 radical (unpaired) electrons. The molecule has 4 nitrogen and oxygen atoms in total. The quantitative estimate of drug-likeness (QED) is 0.920. The van der Waals surface area contributed by atoms with Crippen molar-refractivity contribution < 1.29 is 0 Å². The van der Waals surface area contributed by atoms with E-state index >= 15 is 0 Å². The van der Waals surface area contributed by atoms with Crippen molar-refractivity contribution in [1.29, 1.82) is 0 Å². The van der Waals surface area contributed by atoms with Crippen molar-refractivity contribution in [3.8, 4) is 0 Å². The lowest BCUT2D eigenvalue weighted by atomic mass is 10.0. The molecular formula is C13H18N4S. The van der Waals surface area contributed by atoms with Gasteiger partial charge in [-0.15, -0.1) is 11.3 Å². The van der Waals surface area contributed by atoms with Crippen LogP contribution in [-0.2, 0) is 19.9 Å². The molecule has 0 spiro atoms. The van der Waals surface area contributed by atoms with E-state index in [1.807, 2.05) is 23.1 Å². The van der Waals surface area contributed by atoms with E-state index in [-0.39, 0.29) is 6.04 Å². The van der Waals surface area contributed by atoms with Crippen LogP contribution in [0.25, 0.3) is 0 Å². The van der Waals surface area contributed by atoms with Gasteiger partial charge in [0.1, 0.15) is 5.82 Å². The molecule has 1 aliphatic heterocycles. The lowest BCUT2D eigenvalue weighted by molar-refractivity contribution is 0.523. The zero-order valence-electron chi connectivity index (χ0n) is 10.8. The number of hydrogen-bond donors (Lipinski definition) is 1. The highest BCUT2D eigenvalue weighted by atomic mass is 32.1. The first kappa shape index (κ1) is 11.9. The molecule has 0 amide bonds. The number of fused-ring (bicyclic) bond motifs is 1. The highest BCUT2D eigenvalue weighted by Crippen LogP contribution is 2.31. The summed E-state index contributed by atoms with van der Waals surface area (Å²) in [5, 5.41) is 10.2. The monoisotopic (exact) mass is 262 g/mol. The maximum atomic E-state index is 4.70. The minimum Gasteiger partial charge on any atom is -0.303 e. The summed E-state index contributed by atoms with van der Waals surface area (Å²) in [6, 6.07) is 2.42. The van der Waals surface area contributed by atoms with Crippen molar-refractivity contribution in [2.75, 3.05) is 6.54 Å². The van der Waals surface area contributed by atoms with Crippen LogP contribution >= 0.6 is 11.3 Å². The standard InChI is InChI=1S/C13H18N4S/c1-3-4-11-15-13(17(2)16-11)12-9-6-8-18-10(9)5-7-14-12/h6,8,12,14H,3-5,7H2,1-2H3. The Bertz CT molecular complexity index is 543. The van der Waals surface area contributed by atoms with Crippen LogP contribution in [0.15, 0.2) is 11.4 Å². The Morgan fingerprint density at radius 1 is 1.56 bits per heavy atom. The second kappa shape index (κ2) is 4.82. The highest BCUT2D eigenvalue weighted by Gasteiger charge is 2.26. The third-order valence-electron chi connectivity index (χ3n) is 3.36. The van der Waals surface area contributed by atoms with Gasteiger partial charge in [-0.1, -0.05) is 6.92 Å². The normalized spacial score (nSPS) is 18.9. The van der Waals surface area contributed by atoms with Crippen LogP contribution in [0.1, 0.15) is 41.5 Å². The first-order chi connectivity index (χ1) is 8.79. The summed E-state index contributed by atoms with van der Waals surface area (Å²) in [7, 11) is 1.99. The number of nitrogens with one attached hydrogen (secondary N) is 1. The number of aryl methyl sites for hydroxylation is 2. The third kappa shape index (κ3) is 1.97. The first-order valence-corrected chi connectivity index (χ1v) is 7.37. The van der Waals surface area contributed by atoms with Crippen LogP contribution < -0.4 is 5.32 Å². The fraction of sp³-hybridized carbons (Fsp3) is 0.538. The predicted octanol–water partition coefficient (Wildman–Crippen LogP) is 2.06. The fourth-order valence-corrected chi connectivity index (χ4v) is 3.43. The van der Waals surface area contributed by atoms with E-state index in [0.717, 1.165) is 37.5 Å². The topological polar surface area (TPSA) is 42.7 Å². The van der Waals surface area contributed by atoms with Gasteiger partial charge in [-0.3, -0.25) is 4.68 Å². The summed E-state index contributed by atoms with van der Waals surface area (Å²) in [5.74, 6) is 2.00. The van der Waals surface area contributed by atoms with Gasteiger partial charge < -0.3 is 5.32 Å². The molecule has 2 aromatic rings. The number of hydrogen-bond acceptors (Lipinski definition) is 4. The van der Waals surface area contributed by atoms with Crippen molar-refractivity contribution in [2.45, 2.75) is 32.2 Å². The summed E-state index contributed by atoms with van der Waals surface area (Å²) in [6.45, 7) is 3.18. The average molecular weight is 262 g/mol. The van der Waals surface area contributed by atoms with E-state index in [9.17, 15) is 0 Å². The summed E-state index contributed by atoms with van der Waals surface area (Å²) in [5.41, 5.74) is 1.38. The van der Waals surface area contributed by atoms with E-state index in [1.165, 1.54) is 10.4 Å². The molecule has 18 heavy (non-hydrogen) atoms. The molecule has 0 bridgehead atoms. The van der Waals surface area contributed by atoms with Crippen molar-refractivity contribution in [1.82, 2.24) is 20.1 Å². The van der Waals surface area contributed by atoms with E-state index in [1.54, 1.807) is 0 Å². The average Bonchev–Trinajstić information content (AvgIpc) is 2.95. The van der Waals surface area contributed by atoms with Gasteiger partial charge in [0.15, 0.2) is 5.82 Å². The number of thiophene rings is 1. The molecule has 1 atom stereocenters. The molecule has 0 fully saturated rings. The van der Waals surface area contributed by atoms with Gasteiger partial charge in [-0.05, 0) is 29.9 Å². The molecule has 0 saturated heterocycles. The Balaban J connectivity index is 1.96. The van der Waals surface area contributed by atoms with Crippen LogP contribution in [0.2, 0.25) is 0 Å². The summed E-state index contributed by atoms with van der Waals surface area (Å²) >= 11 is 1.85. The van der Waals surface area contributed by atoms with Gasteiger partial charge in [-0.2, -0.15) is 5.10 Å². The molecule has 1 aliphatic rings. The molecule has 0 saturated carbocycles. The number of aromatic nitrogens is 3. The number of rotatable bonds is 3. The molecule has 0 aromatic carbocycles. The number of nitrogens with zero attached hydrogens (tertiary/aromatic N) is 3. The predicted molar refractivity (Wildman–Crippen MR) is 72.9 cm³/mol. The van der Waals surface area contributed by atoms with Crippen LogP contribution in [0.4, 0.5) is 0 Å². The van der Waals surface area contributed by atoms with E-state index < -0.39 is 0 Å². The zero-order chi connectivity index (χ0) is 12.5. The Kier molecular flexibility index (Phi) is 3.18. The van der Waals surface area contributed by atoms with Crippen molar-refractivity contribution in [2.24, 2.45) is 7.05 Å². The molecular weight excluding hydrogens is 244 g/mol. The Labute approximate surface area is 111 Å². The van der Waals surface area contributed by atoms with Gasteiger partial charge in [0, 0.05) is 24.9 Å². The molecule has 1 N–H and O–H groups in total. The van der Waals surface area contributed by atoms with Gasteiger partial charge in [0.05, 0.1) is 6.04 Å². The summed E-state index contributed by atoms with van der Waals surface area (Å²) < 4.78 is 1.93. The lowest BCUT2D eigenvalue weighted by Gasteiger charge is -2.23. The molecule has 3 rings (SSSR count). The third-order valence-corrected chi connectivity index (χ3v) is 4.36. The van der Waals surface area contributed by atoms with Crippen LogP contribution in [0.3, 0.4) is 0 Å². The lowest BCUT2D eigenvalue weighted by Crippen LogP contribution is -2.31. The van der Waals surface area contributed by atoms with Crippen molar-refractivity contribution >= 4 is 11.3 Å². The second-order valence-corrected chi connectivity index (χ2v) is 5.70. The summed E-state index contributed by atoms with van der Waals surface area (Å²) in [6.07, 6.45) is 3.17.